The Morgan fingerprint density at radius 1 is 1.12 bits per heavy atom. The van der Waals surface area contributed by atoms with Crippen molar-refractivity contribution in [1.29, 1.82) is 0 Å². The van der Waals surface area contributed by atoms with Crippen LogP contribution in [0.3, 0.4) is 0 Å². The van der Waals surface area contributed by atoms with Gasteiger partial charge >= 0.3 is 0 Å². The van der Waals surface area contributed by atoms with Gasteiger partial charge in [0.15, 0.2) is 0 Å². The first-order chi connectivity index (χ1) is 7.59. The second-order valence-corrected chi connectivity index (χ2v) is 5.42. The van der Waals surface area contributed by atoms with Crippen molar-refractivity contribution in [1.82, 2.24) is 15.0 Å². The van der Waals surface area contributed by atoms with Gasteiger partial charge in [-0.3, -0.25) is 0 Å². The number of aromatic nitrogens is 3. The number of rotatable bonds is 7. The predicted molar refractivity (Wildman–Crippen MR) is 67.3 cm³/mol. The fourth-order valence-electron chi connectivity index (χ4n) is 1.73. The van der Waals surface area contributed by atoms with E-state index in [2.05, 4.69) is 42.7 Å². The van der Waals surface area contributed by atoms with Crippen LogP contribution in [-0.4, -0.2) is 15.0 Å². The summed E-state index contributed by atoms with van der Waals surface area (Å²) in [5.41, 5.74) is 1.29. The zero-order chi connectivity index (χ0) is 12.0. The number of aryl methyl sites for hydroxylation is 2. The lowest BCUT2D eigenvalue weighted by Crippen LogP contribution is -2.07. The van der Waals surface area contributed by atoms with Crippen molar-refractivity contribution < 1.29 is 0 Å². The quantitative estimate of drug-likeness (QED) is 0.710. The summed E-state index contributed by atoms with van der Waals surface area (Å²) in [5, 5.41) is 8.16. The van der Waals surface area contributed by atoms with Gasteiger partial charge in [0.05, 0.1) is 11.9 Å². The molecule has 0 aliphatic rings. The predicted octanol–water partition coefficient (Wildman–Crippen LogP) is 3.30. The molecular formula is C13H25N3. The summed E-state index contributed by atoms with van der Waals surface area (Å²) in [6, 6.07) is 0. The molecule has 0 atom stereocenters. The molecule has 0 aliphatic heterocycles. The van der Waals surface area contributed by atoms with Crippen molar-refractivity contribution in [2.24, 2.45) is 11.8 Å². The average molecular weight is 223 g/mol. The lowest BCUT2D eigenvalue weighted by molar-refractivity contribution is 0.460. The van der Waals surface area contributed by atoms with Crippen LogP contribution in [0.25, 0.3) is 0 Å². The lowest BCUT2D eigenvalue weighted by Gasteiger charge is -2.08. The number of hydrogen-bond acceptors (Lipinski definition) is 2. The number of nitrogens with zero attached hydrogens (tertiary/aromatic N) is 3. The highest BCUT2D eigenvalue weighted by atomic mass is 15.4. The van der Waals surface area contributed by atoms with E-state index in [9.17, 15) is 0 Å². The summed E-state index contributed by atoms with van der Waals surface area (Å²) in [6.45, 7) is 10.0. The van der Waals surface area contributed by atoms with Crippen molar-refractivity contribution in [2.45, 2.75) is 59.9 Å². The maximum absolute atomic E-state index is 4.15. The fraction of sp³-hybridized carbons (Fsp3) is 0.846. The van der Waals surface area contributed by atoms with Crippen molar-refractivity contribution in [3.8, 4) is 0 Å². The summed E-state index contributed by atoms with van der Waals surface area (Å²) in [7, 11) is 0. The van der Waals surface area contributed by atoms with Crippen molar-refractivity contribution in [3.63, 3.8) is 0 Å². The molecule has 1 heterocycles. The monoisotopic (exact) mass is 223 g/mol. The summed E-state index contributed by atoms with van der Waals surface area (Å²) in [5.74, 6) is 1.52. The van der Waals surface area contributed by atoms with Crippen molar-refractivity contribution in [2.75, 3.05) is 0 Å². The van der Waals surface area contributed by atoms with Crippen LogP contribution in [0.4, 0.5) is 0 Å². The molecule has 0 radical (unpaired) electrons. The molecule has 16 heavy (non-hydrogen) atoms. The molecule has 0 spiro atoms. The molecule has 1 aromatic rings. The third kappa shape index (κ3) is 4.77. The van der Waals surface area contributed by atoms with Gasteiger partial charge in [0.1, 0.15) is 0 Å². The molecule has 0 N–H and O–H groups in total. The summed E-state index contributed by atoms with van der Waals surface area (Å²) in [4.78, 5) is 0. The van der Waals surface area contributed by atoms with Crippen LogP contribution in [0.15, 0.2) is 6.20 Å². The number of hydrogen-bond donors (Lipinski definition) is 0. The van der Waals surface area contributed by atoms with E-state index < -0.39 is 0 Å². The van der Waals surface area contributed by atoms with Crippen molar-refractivity contribution >= 4 is 0 Å². The maximum Gasteiger partial charge on any atom is 0.0725 e. The molecule has 0 amide bonds. The Morgan fingerprint density at radius 2 is 1.81 bits per heavy atom. The van der Waals surface area contributed by atoms with Crippen LogP contribution in [0.2, 0.25) is 0 Å². The second-order valence-electron chi connectivity index (χ2n) is 5.42. The molecule has 0 saturated heterocycles. The van der Waals surface area contributed by atoms with Gasteiger partial charge in [-0.25, -0.2) is 4.68 Å². The van der Waals surface area contributed by atoms with Crippen LogP contribution in [0.5, 0.6) is 0 Å². The van der Waals surface area contributed by atoms with Gasteiger partial charge in [-0.1, -0.05) is 39.3 Å². The van der Waals surface area contributed by atoms with Gasteiger partial charge in [-0.15, -0.1) is 5.10 Å². The van der Waals surface area contributed by atoms with Crippen LogP contribution < -0.4 is 0 Å². The molecule has 0 saturated carbocycles. The normalized spacial score (nSPS) is 11.6. The van der Waals surface area contributed by atoms with E-state index >= 15 is 0 Å². The minimum atomic E-state index is 0.729. The van der Waals surface area contributed by atoms with Gasteiger partial charge in [0.25, 0.3) is 0 Å². The summed E-state index contributed by atoms with van der Waals surface area (Å²) >= 11 is 0. The third-order valence-electron chi connectivity index (χ3n) is 2.83. The van der Waals surface area contributed by atoms with Gasteiger partial charge in [-0.2, -0.15) is 0 Å². The second kappa shape index (κ2) is 6.66. The fourth-order valence-corrected chi connectivity index (χ4v) is 1.73. The Labute approximate surface area is 99.2 Å². The van der Waals surface area contributed by atoms with Crippen LogP contribution >= 0.6 is 0 Å². The first-order valence-electron chi connectivity index (χ1n) is 6.47. The molecule has 92 valence electrons. The molecule has 1 rings (SSSR count). The van der Waals surface area contributed by atoms with Gasteiger partial charge in [0.2, 0.25) is 0 Å². The molecule has 0 aromatic carbocycles. The van der Waals surface area contributed by atoms with Crippen molar-refractivity contribution in [3.05, 3.63) is 11.9 Å². The van der Waals surface area contributed by atoms with Crippen LogP contribution in [0.1, 0.15) is 52.7 Å². The maximum atomic E-state index is 4.15. The minimum absolute atomic E-state index is 0.729. The highest BCUT2D eigenvalue weighted by molar-refractivity contribution is 4.94. The highest BCUT2D eigenvalue weighted by Gasteiger charge is 2.05. The Bertz CT molecular complexity index is 289. The van der Waals surface area contributed by atoms with E-state index in [1.807, 2.05) is 6.20 Å². The minimum Gasteiger partial charge on any atom is -0.249 e. The summed E-state index contributed by atoms with van der Waals surface area (Å²) < 4.78 is 2.07. The van der Waals surface area contributed by atoms with Gasteiger partial charge in [0, 0.05) is 6.54 Å². The van der Waals surface area contributed by atoms with E-state index in [0.29, 0.717) is 0 Å². The Kier molecular flexibility index (Phi) is 5.50. The lowest BCUT2D eigenvalue weighted by atomic mass is 10.1. The standard InChI is InChI=1S/C13H25N3/c1-11(2)6-5-7-13-10-14-15-16(13)9-8-12(3)4/h10-12H,5-9H2,1-4H3. The first kappa shape index (κ1) is 13.2. The Morgan fingerprint density at radius 3 is 2.44 bits per heavy atom. The van der Waals surface area contributed by atoms with Crippen LogP contribution in [-0.2, 0) is 13.0 Å². The van der Waals surface area contributed by atoms with E-state index in [4.69, 9.17) is 0 Å². The molecular weight excluding hydrogens is 198 g/mol. The first-order valence-corrected chi connectivity index (χ1v) is 6.47. The summed E-state index contributed by atoms with van der Waals surface area (Å²) in [6.07, 6.45) is 6.74. The zero-order valence-electron chi connectivity index (χ0n) is 11.1. The van der Waals surface area contributed by atoms with E-state index in [-0.39, 0.29) is 0 Å². The molecule has 0 fully saturated rings. The molecule has 0 unspecified atom stereocenters. The zero-order valence-corrected chi connectivity index (χ0v) is 11.1. The molecule has 0 bridgehead atoms. The highest BCUT2D eigenvalue weighted by Crippen LogP contribution is 2.10. The SMILES string of the molecule is CC(C)CCCc1cnnn1CCC(C)C. The van der Waals surface area contributed by atoms with Crippen LogP contribution in [0, 0.1) is 11.8 Å². The van der Waals surface area contributed by atoms with E-state index in [1.54, 1.807) is 0 Å². The topological polar surface area (TPSA) is 30.7 Å². The molecule has 3 heteroatoms. The van der Waals surface area contributed by atoms with E-state index in [0.717, 1.165) is 24.8 Å². The van der Waals surface area contributed by atoms with Gasteiger partial charge in [-0.05, 0) is 31.1 Å². The molecule has 0 aliphatic carbocycles. The average Bonchev–Trinajstić information content (AvgIpc) is 2.62. The Hall–Kier alpha value is -0.860. The third-order valence-corrected chi connectivity index (χ3v) is 2.83. The molecule has 3 nitrogen and oxygen atoms in total. The Balaban J connectivity index is 2.38. The van der Waals surface area contributed by atoms with E-state index in [1.165, 1.54) is 25.0 Å². The smallest absolute Gasteiger partial charge is 0.0725 e. The largest absolute Gasteiger partial charge is 0.249 e. The van der Waals surface area contributed by atoms with Gasteiger partial charge < -0.3 is 0 Å². The molecule has 1 aromatic heterocycles.